The van der Waals surface area contributed by atoms with Crippen LogP contribution in [0.1, 0.15) is 21.1 Å². The standard InChI is InChI=1S/C14H11BrN2O3S/c15-10-4-2-1-3-9(10)5-6-12(18)16-7-13-17-11(8-21-13)14(19)20/h1-6,8H,7H2,(H,16,18)(H,19,20)/b6-5-. The highest BCUT2D eigenvalue weighted by atomic mass is 79.9. The molecule has 0 aliphatic carbocycles. The van der Waals surface area contributed by atoms with Gasteiger partial charge in [0.1, 0.15) is 5.01 Å². The number of aromatic nitrogens is 1. The van der Waals surface area contributed by atoms with Crippen LogP contribution in [0.4, 0.5) is 0 Å². The molecule has 0 radical (unpaired) electrons. The van der Waals surface area contributed by atoms with Crippen molar-refractivity contribution in [1.82, 2.24) is 10.3 Å². The van der Waals surface area contributed by atoms with Crippen molar-refractivity contribution in [2.45, 2.75) is 6.54 Å². The molecule has 2 aromatic rings. The second-order valence-corrected chi connectivity index (χ2v) is 5.80. The second kappa shape index (κ2) is 7.14. The van der Waals surface area contributed by atoms with Gasteiger partial charge in [0, 0.05) is 15.9 Å². The number of nitrogens with one attached hydrogen (secondary N) is 1. The molecule has 0 atom stereocenters. The second-order valence-electron chi connectivity index (χ2n) is 4.00. The van der Waals surface area contributed by atoms with Crippen molar-refractivity contribution in [3.8, 4) is 0 Å². The highest BCUT2D eigenvalue weighted by Gasteiger charge is 2.08. The Bertz CT molecular complexity index is 697. The van der Waals surface area contributed by atoms with Crippen molar-refractivity contribution >= 4 is 45.2 Å². The number of carboxylic acid groups (broad SMARTS) is 1. The fraction of sp³-hybridized carbons (Fsp3) is 0.0714. The Morgan fingerprint density at radius 3 is 2.81 bits per heavy atom. The van der Waals surface area contributed by atoms with Crippen molar-refractivity contribution in [3.63, 3.8) is 0 Å². The van der Waals surface area contributed by atoms with Crippen LogP contribution < -0.4 is 5.32 Å². The van der Waals surface area contributed by atoms with Crippen molar-refractivity contribution in [2.75, 3.05) is 0 Å². The Balaban J connectivity index is 1.90. The SMILES string of the molecule is O=C(/C=C\c1ccccc1Br)NCc1nc(C(=O)O)cs1. The highest BCUT2D eigenvalue weighted by Crippen LogP contribution is 2.17. The number of carbonyl (C=O) groups is 2. The molecule has 1 aromatic heterocycles. The maximum Gasteiger partial charge on any atom is 0.355 e. The third-order valence-corrected chi connectivity index (χ3v) is 4.08. The largest absolute Gasteiger partial charge is 0.476 e. The van der Waals surface area contributed by atoms with Crippen LogP contribution in [0, 0.1) is 0 Å². The first-order valence-corrected chi connectivity index (χ1v) is 7.61. The van der Waals surface area contributed by atoms with E-state index in [2.05, 4.69) is 26.2 Å². The number of carbonyl (C=O) groups excluding carboxylic acids is 1. The molecule has 1 amide bonds. The fourth-order valence-electron chi connectivity index (χ4n) is 1.49. The minimum atomic E-state index is -1.07. The number of rotatable bonds is 5. The lowest BCUT2D eigenvalue weighted by Gasteiger charge is -1.99. The number of thiazole rings is 1. The summed E-state index contributed by atoms with van der Waals surface area (Å²) in [6.45, 7) is 0.205. The van der Waals surface area contributed by atoms with Crippen molar-refractivity contribution in [2.24, 2.45) is 0 Å². The molecule has 21 heavy (non-hydrogen) atoms. The number of hydrogen-bond donors (Lipinski definition) is 2. The lowest BCUT2D eigenvalue weighted by Crippen LogP contribution is -2.20. The maximum absolute atomic E-state index is 11.7. The molecule has 0 saturated heterocycles. The zero-order valence-electron chi connectivity index (χ0n) is 10.7. The minimum Gasteiger partial charge on any atom is -0.476 e. The van der Waals surface area contributed by atoms with Crippen LogP contribution in [0.3, 0.4) is 0 Å². The van der Waals surface area contributed by atoms with Crippen LogP contribution in [-0.2, 0) is 11.3 Å². The minimum absolute atomic E-state index is 0.00647. The van der Waals surface area contributed by atoms with Crippen LogP contribution >= 0.6 is 27.3 Å². The zero-order chi connectivity index (χ0) is 15.2. The molecule has 108 valence electrons. The third-order valence-electron chi connectivity index (χ3n) is 2.50. The molecule has 0 aliphatic rings. The van der Waals surface area contributed by atoms with E-state index < -0.39 is 5.97 Å². The number of benzene rings is 1. The fourth-order valence-corrected chi connectivity index (χ4v) is 2.61. The van der Waals surface area contributed by atoms with Crippen LogP contribution in [0.5, 0.6) is 0 Å². The Labute approximate surface area is 133 Å². The lowest BCUT2D eigenvalue weighted by molar-refractivity contribution is -0.116. The first-order chi connectivity index (χ1) is 10.1. The quantitative estimate of drug-likeness (QED) is 0.797. The molecule has 1 heterocycles. The molecular formula is C14H11BrN2O3S. The van der Waals surface area contributed by atoms with Gasteiger partial charge in [-0.15, -0.1) is 11.3 Å². The summed E-state index contributed by atoms with van der Waals surface area (Å²) < 4.78 is 0.903. The Kier molecular flexibility index (Phi) is 5.24. The number of carboxylic acids is 1. The molecule has 2 N–H and O–H groups in total. The van der Waals surface area contributed by atoms with Crippen molar-refractivity contribution in [3.05, 3.63) is 56.5 Å². The van der Waals surface area contributed by atoms with Crippen LogP contribution in [0.25, 0.3) is 6.08 Å². The summed E-state index contributed by atoms with van der Waals surface area (Å²) in [4.78, 5) is 26.3. The molecule has 5 nitrogen and oxygen atoms in total. The lowest BCUT2D eigenvalue weighted by atomic mass is 10.2. The van der Waals surface area contributed by atoms with E-state index in [1.54, 1.807) is 6.08 Å². The first kappa shape index (κ1) is 15.4. The van der Waals surface area contributed by atoms with E-state index in [0.29, 0.717) is 5.01 Å². The van der Waals surface area contributed by atoms with E-state index in [9.17, 15) is 9.59 Å². The van der Waals surface area contributed by atoms with E-state index in [1.807, 2.05) is 24.3 Å². The molecule has 0 bridgehead atoms. The van der Waals surface area contributed by atoms with E-state index >= 15 is 0 Å². The molecule has 0 aliphatic heterocycles. The molecule has 7 heteroatoms. The first-order valence-electron chi connectivity index (χ1n) is 5.94. The summed E-state index contributed by atoms with van der Waals surface area (Å²) in [7, 11) is 0. The van der Waals surface area contributed by atoms with E-state index in [4.69, 9.17) is 5.11 Å². The van der Waals surface area contributed by atoms with Gasteiger partial charge in [-0.3, -0.25) is 4.79 Å². The summed E-state index contributed by atoms with van der Waals surface area (Å²) in [5, 5.41) is 13.4. The molecule has 1 aromatic carbocycles. The molecule has 0 unspecified atom stereocenters. The van der Waals surface area contributed by atoms with Gasteiger partial charge < -0.3 is 10.4 Å². The molecule has 2 rings (SSSR count). The predicted octanol–water partition coefficient (Wildman–Crippen LogP) is 2.93. The van der Waals surface area contributed by atoms with Gasteiger partial charge in [-0.2, -0.15) is 0 Å². The van der Waals surface area contributed by atoms with Gasteiger partial charge in [-0.25, -0.2) is 9.78 Å². The molecule has 0 fully saturated rings. The average Bonchev–Trinajstić information content (AvgIpc) is 2.93. The van der Waals surface area contributed by atoms with Crippen LogP contribution in [0.15, 0.2) is 40.2 Å². The molecule has 0 spiro atoms. The number of halogens is 1. The van der Waals surface area contributed by atoms with Crippen LogP contribution in [0.2, 0.25) is 0 Å². The summed E-state index contributed by atoms with van der Waals surface area (Å²) in [5.41, 5.74) is 0.892. The van der Waals surface area contributed by atoms with E-state index in [0.717, 1.165) is 10.0 Å². The van der Waals surface area contributed by atoms with Gasteiger partial charge in [0.25, 0.3) is 0 Å². The normalized spacial score (nSPS) is 10.7. The summed E-state index contributed by atoms with van der Waals surface area (Å²) in [6, 6.07) is 7.55. The number of nitrogens with zero attached hydrogens (tertiary/aromatic N) is 1. The average molecular weight is 367 g/mol. The third kappa shape index (κ3) is 4.51. The maximum atomic E-state index is 11.7. The Morgan fingerprint density at radius 1 is 1.38 bits per heavy atom. The molecular weight excluding hydrogens is 356 g/mol. The smallest absolute Gasteiger partial charge is 0.355 e. The predicted molar refractivity (Wildman–Crippen MR) is 84.1 cm³/mol. The topological polar surface area (TPSA) is 79.3 Å². The number of amides is 1. The monoisotopic (exact) mass is 366 g/mol. The Hall–Kier alpha value is -1.99. The highest BCUT2D eigenvalue weighted by molar-refractivity contribution is 9.10. The van der Waals surface area contributed by atoms with Gasteiger partial charge in [0.2, 0.25) is 5.91 Å². The van der Waals surface area contributed by atoms with Crippen molar-refractivity contribution < 1.29 is 14.7 Å². The van der Waals surface area contributed by atoms with E-state index in [1.165, 1.54) is 22.8 Å². The summed E-state index contributed by atoms with van der Waals surface area (Å²) >= 11 is 4.59. The van der Waals surface area contributed by atoms with Gasteiger partial charge in [-0.1, -0.05) is 34.1 Å². The Morgan fingerprint density at radius 2 is 2.14 bits per heavy atom. The summed E-state index contributed by atoms with van der Waals surface area (Å²) in [5.74, 6) is -1.34. The van der Waals surface area contributed by atoms with Gasteiger partial charge in [0.05, 0.1) is 6.54 Å². The van der Waals surface area contributed by atoms with Gasteiger partial charge in [-0.05, 0) is 17.7 Å². The van der Waals surface area contributed by atoms with E-state index in [-0.39, 0.29) is 18.1 Å². The zero-order valence-corrected chi connectivity index (χ0v) is 13.1. The van der Waals surface area contributed by atoms with Crippen LogP contribution in [-0.4, -0.2) is 22.0 Å². The number of hydrogen-bond acceptors (Lipinski definition) is 4. The van der Waals surface area contributed by atoms with Crippen molar-refractivity contribution in [1.29, 1.82) is 0 Å². The summed E-state index contributed by atoms with van der Waals surface area (Å²) in [6.07, 6.45) is 3.12. The molecule has 0 saturated carbocycles. The number of aromatic carboxylic acids is 1. The van der Waals surface area contributed by atoms with Gasteiger partial charge in [0.15, 0.2) is 5.69 Å². The van der Waals surface area contributed by atoms with Gasteiger partial charge >= 0.3 is 5.97 Å².